The number of halogens is 1. The number of fused-ring (bicyclic) bond motifs is 4. The number of para-hydroxylation sites is 2. The number of anilines is 2. The number of pyridine rings is 2. The second kappa shape index (κ2) is 10.8. The van der Waals surface area contributed by atoms with Crippen LogP contribution in [0.15, 0.2) is 103 Å². The molecule has 2 aliphatic rings. The fourth-order valence-corrected chi connectivity index (χ4v) is 4.88. The number of aromatic nitrogens is 4. The fraction of sp³-hybridized carbons (Fsp3) is 0. The molecule has 0 unspecified atom stereocenters. The maximum absolute atomic E-state index is 12.1. The molecule has 10 nitrogen and oxygen atoms in total. The Bertz CT molecular complexity index is 2110. The van der Waals surface area contributed by atoms with E-state index in [9.17, 15) is 9.59 Å². The monoisotopic (exact) mass is 588 g/mol. The molecule has 0 fully saturated rings. The number of nitrogens with one attached hydrogen (secondary N) is 4. The van der Waals surface area contributed by atoms with Gasteiger partial charge in [-0.1, -0.05) is 48.0 Å². The van der Waals surface area contributed by atoms with Crippen LogP contribution >= 0.6 is 11.6 Å². The molecule has 2 aliphatic heterocycles. The lowest BCUT2D eigenvalue weighted by Gasteiger charge is -2.18. The molecular weight excluding hydrogens is 568 g/mol. The lowest BCUT2D eigenvalue weighted by molar-refractivity contribution is -0.115. The third-order valence-corrected chi connectivity index (χ3v) is 6.97. The van der Waals surface area contributed by atoms with Crippen LogP contribution in [0.25, 0.3) is 34.0 Å². The summed E-state index contributed by atoms with van der Waals surface area (Å²) < 4.78 is 11.3. The van der Waals surface area contributed by atoms with Gasteiger partial charge in [0.15, 0.2) is 34.7 Å². The largest absolute Gasteiger partial charge is 0.448 e. The van der Waals surface area contributed by atoms with Crippen molar-refractivity contribution in [2.45, 2.75) is 0 Å². The van der Waals surface area contributed by atoms with Crippen molar-refractivity contribution in [1.29, 1.82) is 0 Å². The van der Waals surface area contributed by atoms with Gasteiger partial charge in [-0.05, 0) is 48.6 Å². The number of hydrogen-bond donors (Lipinski definition) is 4. The van der Waals surface area contributed by atoms with Gasteiger partial charge < -0.3 is 30.1 Å². The molecule has 0 saturated heterocycles. The third kappa shape index (κ3) is 5.18. The van der Waals surface area contributed by atoms with E-state index in [0.29, 0.717) is 28.3 Å². The van der Waals surface area contributed by atoms with Crippen molar-refractivity contribution in [2.75, 3.05) is 10.6 Å². The van der Waals surface area contributed by atoms with Crippen LogP contribution in [-0.4, -0.2) is 31.8 Å². The summed E-state index contributed by atoms with van der Waals surface area (Å²) in [5.74, 6) is 1.59. The number of nitrogens with zero attached hydrogens (tertiary/aromatic N) is 2. The Kier molecular flexibility index (Phi) is 6.57. The predicted octanol–water partition coefficient (Wildman–Crippen LogP) is 6.52. The normalized spacial score (nSPS) is 15.6. The summed E-state index contributed by atoms with van der Waals surface area (Å²) in [5, 5.41) is 7.75. The van der Waals surface area contributed by atoms with Gasteiger partial charge in [-0.25, -0.2) is 9.97 Å². The summed E-state index contributed by atoms with van der Waals surface area (Å²) in [6, 6.07) is 22.6. The first-order valence-corrected chi connectivity index (χ1v) is 13.6. The smallest absolute Gasteiger partial charge is 0.292 e. The number of aromatic amines is 2. The van der Waals surface area contributed by atoms with E-state index in [2.05, 4.69) is 30.6 Å². The number of ether oxygens (including phenoxy) is 2. The summed E-state index contributed by atoms with van der Waals surface area (Å²) in [7, 11) is 0. The molecular formula is C32H21ClN6O4. The standard InChI is InChI=1S/C16H10ClN3O2.C16H11N3O2/c17-14-6-5-12-15(19-14)20-16(21)13(22-12)7-9-8-18-11-4-2-1-3-10(9)11;20-16-14(21-13-6-3-7-17-15(13)19-16)8-10-9-18-12-5-2-1-4-11(10)12/h1-8,18H,(H,19,20,21);1-9,18H,(H,17,19,20)/b13-7-;14-8-. The first-order valence-electron chi connectivity index (χ1n) is 13.2. The minimum atomic E-state index is -0.354. The first kappa shape index (κ1) is 26.1. The number of carbonyl (C=O) groups is 2. The molecule has 0 radical (unpaired) electrons. The van der Waals surface area contributed by atoms with Gasteiger partial charge in [0.1, 0.15) is 5.15 Å². The van der Waals surface area contributed by atoms with Gasteiger partial charge in [0.05, 0.1) is 0 Å². The molecule has 4 N–H and O–H groups in total. The number of H-pyrrole nitrogens is 2. The van der Waals surface area contributed by atoms with Gasteiger partial charge in [0, 0.05) is 51.5 Å². The average molecular weight is 589 g/mol. The molecule has 2 aromatic carbocycles. The number of hydrogen-bond acceptors (Lipinski definition) is 6. The van der Waals surface area contributed by atoms with Crippen LogP contribution in [0.2, 0.25) is 5.15 Å². The van der Waals surface area contributed by atoms with E-state index in [1.807, 2.05) is 60.9 Å². The minimum absolute atomic E-state index is 0.210. The topological polar surface area (TPSA) is 134 Å². The molecule has 43 heavy (non-hydrogen) atoms. The molecule has 0 bridgehead atoms. The van der Waals surface area contributed by atoms with Gasteiger partial charge in [-0.3, -0.25) is 9.59 Å². The Morgan fingerprint density at radius 2 is 1.21 bits per heavy atom. The Morgan fingerprint density at radius 1 is 0.651 bits per heavy atom. The van der Waals surface area contributed by atoms with E-state index in [1.165, 1.54) is 0 Å². The maximum atomic E-state index is 12.1. The lowest BCUT2D eigenvalue weighted by Crippen LogP contribution is -2.24. The van der Waals surface area contributed by atoms with Crippen LogP contribution < -0.4 is 20.1 Å². The first-order chi connectivity index (χ1) is 21.0. The summed E-state index contributed by atoms with van der Waals surface area (Å²) >= 11 is 5.80. The summed E-state index contributed by atoms with van der Waals surface area (Å²) in [5.41, 5.74) is 3.80. The van der Waals surface area contributed by atoms with Gasteiger partial charge >= 0.3 is 0 Å². The quantitative estimate of drug-likeness (QED) is 0.134. The highest BCUT2D eigenvalue weighted by Gasteiger charge is 2.24. The molecule has 0 saturated carbocycles. The highest BCUT2D eigenvalue weighted by Crippen LogP contribution is 2.32. The maximum Gasteiger partial charge on any atom is 0.292 e. The lowest BCUT2D eigenvalue weighted by atomic mass is 10.1. The van der Waals surface area contributed by atoms with Crippen LogP contribution in [0.5, 0.6) is 11.5 Å². The van der Waals surface area contributed by atoms with Crippen LogP contribution in [0.4, 0.5) is 11.6 Å². The van der Waals surface area contributed by atoms with E-state index in [-0.39, 0.29) is 23.3 Å². The van der Waals surface area contributed by atoms with Gasteiger partial charge in [0.25, 0.3) is 11.8 Å². The van der Waals surface area contributed by atoms with Crippen LogP contribution in [-0.2, 0) is 9.59 Å². The molecule has 0 aliphatic carbocycles. The van der Waals surface area contributed by atoms with Crippen LogP contribution in [0.1, 0.15) is 11.1 Å². The third-order valence-electron chi connectivity index (χ3n) is 6.76. The SMILES string of the molecule is O=C1Nc2nc(Cl)ccc2O/C1=C\c1c[nH]c2ccccc12.O=C1Nc2ncccc2O/C1=C\c1c[nH]c2ccccc12. The van der Waals surface area contributed by atoms with E-state index in [4.69, 9.17) is 21.1 Å². The van der Waals surface area contributed by atoms with Crippen molar-refractivity contribution in [3.8, 4) is 11.5 Å². The fourth-order valence-electron chi connectivity index (χ4n) is 4.73. The van der Waals surface area contributed by atoms with Crippen molar-refractivity contribution in [3.63, 3.8) is 0 Å². The molecule has 8 rings (SSSR count). The van der Waals surface area contributed by atoms with E-state index >= 15 is 0 Å². The van der Waals surface area contributed by atoms with Crippen LogP contribution in [0, 0.1) is 0 Å². The molecule has 2 amide bonds. The zero-order valence-corrected chi connectivity index (χ0v) is 23.0. The summed E-state index contributed by atoms with van der Waals surface area (Å²) in [6.07, 6.45) is 8.73. The van der Waals surface area contributed by atoms with Crippen molar-refractivity contribution >= 4 is 69.0 Å². The van der Waals surface area contributed by atoms with Crippen molar-refractivity contribution in [2.24, 2.45) is 0 Å². The van der Waals surface area contributed by atoms with Crippen molar-refractivity contribution in [3.05, 3.63) is 119 Å². The van der Waals surface area contributed by atoms with Crippen molar-refractivity contribution in [1.82, 2.24) is 19.9 Å². The van der Waals surface area contributed by atoms with E-state index in [1.54, 1.807) is 42.6 Å². The molecule has 4 aromatic heterocycles. The molecule has 11 heteroatoms. The number of carbonyl (C=O) groups excluding carboxylic acids is 2. The summed E-state index contributed by atoms with van der Waals surface area (Å²) in [4.78, 5) is 38.6. The van der Waals surface area contributed by atoms with Gasteiger partial charge in [-0.15, -0.1) is 0 Å². The second-order valence-electron chi connectivity index (χ2n) is 9.54. The van der Waals surface area contributed by atoms with Gasteiger partial charge in [0.2, 0.25) is 0 Å². The number of amides is 2. The molecule has 6 aromatic rings. The number of rotatable bonds is 2. The molecule has 0 atom stereocenters. The highest BCUT2D eigenvalue weighted by atomic mass is 35.5. The zero-order chi connectivity index (χ0) is 29.3. The van der Waals surface area contributed by atoms with Crippen LogP contribution in [0.3, 0.4) is 0 Å². The van der Waals surface area contributed by atoms with Gasteiger partial charge in [-0.2, -0.15) is 0 Å². The zero-order valence-electron chi connectivity index (χ0n) is 22.2. The van der Waals surface area contributed by atoms with E-state index < -0.39 is 0 Å². The average Bonchev–Trinajstić information content (AvgIpc) is 3.62. The second-order valence-corrected chi connectivity index (χ2v) is 9.93. The van der Waals surface area contributed by atoms with Crippen molar-refractivity contribution < 1.29 is 19.1 Å². The highest BCUT2D eigenvalue weighted by molar-refractivity contribution is 6.29. The minimum Gasteiger partial charge on any atom is -0.448 e. The summed E-state index contributed by atoms with van der Waals surface area (Å²) in [6.45, 7) is 0. The Morgan fingerprint density at radius 3 is 1.84 bits per heavy atom. The Hall–Kier alpha value is -5.87. The van der Waals surface area contributed by atoms with E-state index in [0.717, 1.165) is 32.9 Å². The Balaban J connectivity index is 0.000000140. The molecule has 6 heterocycles. The molecule has 210 valence electrons. The predicted molar refractivity (Wildman–Crippen MR) is 165 cm³/mol. The Labute approximate surface area is 249 Å². The molecule has 0 spiro atoms. The number of benzene rings is 2.